The number of hydrogen-bond donors (Lipinski definition) is 2. The van der Waals surface area contributed by atoms with Crippen LogP contribution in [0.2, 0.25) is 0 Å². The normalized spacial score (nSPS) is 10.1. The van der Waals surface area contributed by atoms with Crippen molar-refractivity contribution in [2.24, 2.45) is 0 Å². The van der Waals surface area contributed by atoms with Crippen molar-refractivity contribution in [2.45, 2.75) is 13.5 Å². The third-order valence-electron chi connectivity index (χ3n) is 2.68. The molecule has 0 saturated heterocycles. The fourth-order valence-electron chi connectivity index (χ4n) is 1.76. The van der Waals surface area contributed by atoms with Gasteiger partial charge >= 0.3 is 0 Å². The highest BCUT2D eigenvalue weighted by Crippen LogP contribution is 2.06. The molecule has 0 saturated carbocycles. The van der Waals surface area contributed by atoms with Crippen molar-refractivity contribution in [3.8, 4) is 0 Å². The van der Waals surface area contributed by atoms with E-state index in [1.165, 1.54) is 12.1 Å². The number of nitrogens with one attached hydrogen (secondary N) is 2. The van der Waals surface area contributed by atoms with E-state index in [0.717, 1.165) is 6.54 Å². The Morgan fingerprint density at radius 3 is 2.80 bits per heavy atom. The third kappa shape index (κ3) is 3.78. The molecule has 0 fully saturated rings. The first-order chi connectivity index (χ1) is 9.69. The van der Waals surface area contributed by atoms with Crippen LogP contribution in [0, 0.1) is 5.82 Å². The molecule has 0 aliphatic carbocycles. The van der Waals surface area contributed by atoms with Crippen molar-refractivity contribution < 1.29 is 9.18 Å². The highest BCUT2D eigenvalue weighted by atomic mass is 19.1. The first-order valence-corrected chi connectivity index (χ1v) is 6.42. The average Bonchev–Trinajstić information content (AvgIpc) is 2.45. The zero-order chi connectivity index (χ0) is 14.4. The molecule has 0 aliphatic rings. The second-order valence-corrected chi connectivity index (χ2v) is 4.25. The third-order valence-corrected chi connectivity index (χ3v) is 2.68. The van der Waals surface area contributed by atoms with E-state index in [2.05, 4.69) is 15.6 Å². The van der Waals surface area contributed by atoms with Crippen LogP contribution in [-0.2, 0) is 6.54 Å². The monoisotopic (exact) mass is 273 g/mol. The van der Waals surface area contributed by atoms with E-state index in [4.69, 9.17) is 0 Å². The fourth-order valence-corrected chi connectivity index (χ4v) is 1.76. The summed E-state index contributed by atoms with van der Waals surface area (Å²) in [5.74, 6) is 0.0592. The van der Waals surface area contributed by atoms with Gasteiger partial charge in [-0.3, -0.25) is 4.79 Å². The summed E-state index contributed by atoms with van der Waals surface area (Å²) in [4.78, 5) is 16.2. The molecular formula is C15H16FN3O. The van der Waals surface area contributed by atoms with Gasteiger partial charge in [-0.2, -0.15) is 0 Å². The summed E-state index contributed by atoms with van der Waals surface area (Å²) >= 11 is 0. The lowest BCUT2D eigenvalue weighted by Gasteiger charge is -2.07. The lowest BCUT2D eigenvalue weighted by molar-refractivity contribution is 0.0946. The summed E-state index contributed by atoms with van der Waals surface area (Å²) in [6, 6.07) is 11.3. The summed E-state index contributed by atoms with van der Waals surface area (Å²) in [6.07, 6.45) is 0. The van der Waals surface area contributed by atoms with Crippen LogP contribution in [0.4, 0.5) is 10.2 Å². The number of hydrogen-bond acceptors (Lipinski definition) is 3. The zero-order valence-electron chi connectivity index (χ0n) is 11.2. The summed E-state index contributed by atoms with van der Waals surface area (Å²) < 4.78 is 13.0. The Hall–Kier alpha value is -2.43. The van der Waals surface area contributed by atoms with Gasteiger partial charge in [0, 0.05) is 13.1 Å². The smallest absolute Gasteiger partial charge is 0.270 e. The predicted molar refractivity (Wildman–Crippen MR) is 76.0 cm³/mol. The average molecular weight is 273 g/mol. The van der Waals surface area contributed by atoms with Crippen molar-refractivity contribution in [1.82, 2.24) is 10.3 Å². The minimum Gasteiger partial charge on any atom is -0.370 e. The first kappa shape index (κ1) is 14.0. The lowest BCUT2D eigenvalue weighted by atomic mass is 10.2. The number of rotatable bonds is 5. The molecule has 4 nitrogen and oxygen atoms in total. The maximum atomic E-state index is 13.0. The molecule has 0 bridgehead atoms. The minimum absolute atomic E-state index is 0.268. The van der Waals surface area contributed by atoms with Crippen LogP contribution in [0.3, 0.4) is 0 Å². The van der Waals surface area contributed by atoms with Crippen molar-refractivity contribution in [3.63, 3.8) is 0 Å². The van der Waals surface area contributed by atoms with Gasteiger partial charge in [0.25, 0.3) is 5.91 Å². The highest BCUT2D eigenvalue weighted by molar-refractivity contribution is 5.92. The Morgan fingerprint density at radius 2 is 2.05 bits per heavy atom. The number of pyridine rings is 1. The molecule has 2 rings (SSSR count). The van der Waals surface area contributed by atoms with Gasteiger partial charge in [0.2, 0.25) is 0 Å². The number of carbonyl (C=O) groups excluding carboxylic acids is 1. The van der Waals surface area contributed by atoms with Gasteiger partial charge in [0.1, 0.15) is 17.3 Å². The van der Waals surface area contributed by atoms with Crippen molar-refractivity contribution in [2.75, 3.05) is 11.9 Å². The summed E-state index contributed by atoms with van der Waals surface area (Å²) in [5.41, 5.74) is 1.04. The molecule has 1 aromatic carbocycles. The SMILES string of the molecule is CCNc1cccc(C(=O)NCc2cccc(F)c2)n1. The molecule has 0 radical (unpaired) electrons. The Balaban J connectivity index is 1.99. The van der Waals surface area contributed by atoms with E-state index < -0.39 is 0 Å². The standard InChI is InChI=1S/C15H16FN3O/c1-2-17-14-8-4-7-13(19-14)15(20)18-10-11-5-3-6-12(16)9-11/h3-9H,2,10H2,1H3,(H,17,19)(H,18,20). The number of anilines is 1. The van der Waals surface area contributed by atoms with Crippen molar-refractivity contribution in [1.29, 1.82) is 0 Å². The largest absolute Gasteiger partial charge is 0.370 e. The molecule has 2 N–H and O–H groups in total. The van der Waals surface area contributed by atoms with E-state index >= 15 is 0 Å². The molecule has 0 unspecified atom stereocenters. The number of aromatic nitrogens is 1. The van der Waals surface area contributed by atoms with Gasteiger partial charge in [-0.05, 0) is 36.8 Å². The number of benzene rings is 1. The van der Waals surface area contributed by atoms with Gasteiger partial charge in [-0.1, -0.05) is 18.2 Å². The maximum Gasteiger partial charge on any atom is 0.270 e. The van der Waals surface area contributed by atoms with E-state index in [9.17, 15) is 9.18 Å². The molecule has 1 heterocycles. The molecule has 1 aromatic heterocycles. The molecule has 2 aromatic rings. The fraction of sp³-hybridized carbons (Fsp3) is 0.200. The highest BCUT2D eigenvalue weighted by Gasteiger charge is 2.07. The van der Waals surface area contributed by atoms with Gasteiger partial charge in [-0.25, -0.2) is 9.37 Å². The van der Waals surface area contributed by atoms with Crippen LogP contribution in [0.5, 0.6) is 0 Å². The van der Waals surface area contributed by atoms with Crippen LogP contribution >= 0.6 is 0 Å². The van der Waals surface area contributed by atoms with E-state index in [-0.39, 0.29) is 18.3 Å². The lowest BCUT2D eigenvalue weighted by Crippen LogP contribution is -2.24. The van der Waals surface area contributed by atoms with Gasteiger partial charge in [-0.15, -0.1) is 0 Å². The number of halogens is 1. The first-order valence-electron chi connectivity index (χ1n) is 6.42. The van der Waals surface area contributed by atoms with Crippen molar-refractivity contribution >= 4 is 11.7 Å². The van der Waals surface area contributed by atoms with Crippen LogP contribution < -0.4 is 10.6 Å². The van der Waals surface area contributed by atoms with Crippen LogP contribution in [0.25, 0.3) is 0 Å². The molecule has 0 atom stereocenters. The van der Waals surface area contributed by atoms with Gasteiger partial charge in [0.15, 0.2) is 0 Å². The van der Waals surface area contributed by atoms with E-state index in [1.54, 1.807) is 30.3 Å². The molecular weight excluding hydrogens is 257 g/mol. The van der Waals surface area contributed by atoms with Gasteiger partial charge in [0.05, 0.1) is 0 Å². The number of amides is 1. The number of nitrogens with zero attached hydrogens (tertiary/aromatic N) is 1. The second kappa shape index (κ2) is 6.65. The second-order valence-electron chi connectivity index (χ2n) is 4.25. The molecule has 1 amide bonds. The molecule has 20 heavy (non-hydrogen) atoms. The van der Waals surface area contributed by atoms with Crippen LogP contribution in [0.1, 0.15) is 23.0 Å². The molecule has 5 heteroatoms. The zero-order valence-corrected chi connectivity index (χ0v) is 11.2. The Labute approximate surface area is 117 Å². The predicted octanol–water partition coefficient (Wildman–Crippen LogP) is 2.58. The Morgan fingerprint density at radius 1 is 1.25 bits per heavy atom. The summed E-state index contributed by atoms with van der Waals surface area (Å²) in [6.45, 7) is 2.96. The molecule has 0 aliphatic heterocycles. The number of carbonyl (C=O) groups is 1. The van der Waals surface area contributed by atoms with Gasteiger partial charge < -0.3 is 10.6 Å². The summed E-state index contributed by atoms with van der Waals surface area (Å²) in [7, 11) is 0. The van der Waals surface area contributed by atoms with Crippen LogP contribution in [0.15, 0.2) is 42.5 Å². The minimum atomic E-state index is -0.316. The Bertz CT molecular complexity index is 601. The molecule has 104 valence electrons. The maximum absolute atomic E-state index is 13.0. The van der Waals surface area contributed by atoms with Crippen LogP contribution in [-0.4, -0.2) is 17.4 Å². The quantitative estimate of drug-likeness (QED) is 0.880. The topological polar surface area (TPSA) is 54.0 Å². The van der Waals surface area contributed by atoms with Crippen molar-refractivity contribution in [3.05, 3.63) is 59.5 Å². The summed E-state index contributed by atoms with van der Waals surface area (Å²) in [5, 5.41) is 5.76. The van der Waals surface area contributed by atoms with E-state index in [0.29, 0.717) is 17.1 Å². The van der Waals surface area contributed by atoms with E-state index in [1.807, 2.05) is 6.92 Å². The Kier molecular flexibility index (Phi) is 4.65. The molecule has 0 spiro atoms.